The van der Waals surface area contributed by atoms with Crippen molar-refractivity contribution >= 4 is 0 Å². The van der Waals surface area contributed by atoms with Crippen LogP contribution in [-0.4, -0.2) is 14.8 Å². The first-order valence-corrected chi connectivity index (χ1v) is 9.49. The second-order valence-corrected chi connectivity index (χ2v) is 6.63. The summed E-state index contributed by atoms with van der Waals surface area (Å²) in [6, 6.07) is 27.4. The van der Waals surface area contributed by atoms with Crippen LogP contribution in [0.5, 0.6) is 0 Å². The Morgan fingerprint density at radius 2 is 1.15 bits per heavy atom. The number of nitrogens with zero attached hydrogens (tertiary/aromatic N) is 3. The van der Waals surface area contributed by atoms with Gasteiger partial charge in [0, 0.05) is 16.8 Å². The van der Waals surface area contributed by atoms with Gasteiger partial charge >= 0.3 is 0 Å². The predicted molar refractivity (Wildman–Crippen MR) is 111 cm³/mol. The third kappa shape index (κ3) is 3.41. The molecule has 0 unspecified atom stereocenters. The van der Waals surface area contributed by atoms with E-state index in [2.05, 4.69) is 89.3 Å². The Labute approximate surface area is 160 Å². The van der Waals surface area contributed by atoms with E-state index in [1.807, 2.05) is 18.2 Å². The molecule has 1 aromatic heterocycles. The number of benzene rings is 3. The maximum absolute atomic E-state index is 4.58. The number of para-hydroxylation sites is 1. The van der Waals surface area contributed by atoms with Crippen molar-refractivity contribution in [3.8, 4) is 28.5 Å². The molecule has 0 atom stereocenters. The number of aryl methyl sites for hydroxylation is 2. The fourth-order valence-electron chi connectivity index (χ4n) is 3.34. The Bertz CT molecular complexity index is 983. The average Bonchev–Trinajstić information content (AvgIpc) is 3.19. The van der Waals surface area contributed by atoms with Gasteiger partial charge in [0.1, 0.15) is 0 Å². The molecule has 0 aliphatic heterocycles. The summed E-state index contributed by atoms with van der Waals surface area (Å²) in [6.45, 7) is 4.34. The molecule has 0 radical (unpaired) electrons. The number of hydrogen-bond acceptors (Lipinski definition) is 2. The molecule has 27 heavy (non-hydrogen) atoms. The lowest BCUT2D eigenvalue weighted by Gasteiger charge is -2.12. The second kappa shape index (κ2) is 7.58. The molecule has 3 nitrogen and oxygen atoms in total. The Morgan fingerprint density at radius 3 is 1.63 bits per heavy atom. The third-order valence-corrected chi connectivity index (χ3v) is 4.86. The van der Waals surface area contributed by atoms with Gasteiger partial charge in [-0.25, -0.2) is 0 Å². The minimum atomic E-state index is 0.869. The van der Waals surface area contributed by atoms with E-state index in [4.69, 9.17) is 0 Å². The summed E-state index contributed by atoms with van der Waals surface area (Å²) in [5.74, 6) is 1.74. The van der Waals surface area contributed by atoms with E-state index in [0.29, 0.717) is 0 Å². The van der Waals surface area contributed by atoms with Crippen molar-refractivity contribution in [3.63, 3.8) is 0 Å². The van der Waals surface area contributed by atoms with Gasteiger partial charge in [0.25, 0.3) is 0 Å². The smallest absolute Gasteiger partial charge is 0.168 e. The Morgan fingerprint density at radius 1 is 0.630 bits per heavy atom. The van der Waals surface area contributed by atoms with Crippen molar-refractivity contribution in [1.29, 1.82) is 0 Å². The van der Waals surface area contributed by atoms with Crippen molar-refractivity contribution in [3.05, 3.63) is 90.0 Å². The first kappa shape index (κ1) is 17.2. The fraction of sp³-hybridized carbons (Fsp3) is 0.167. The van der Waals surface area contributed by atoms with Crippen LogP contribution in [0.15, 0.2) is 78.9 Å². The molecule has 0 saturated carbocycles. The van der Waals surface area contributed by atoms with E-state index < -0.39 is 0 Å². The third-order valence-electron chi connectivity index (χ3n) is 4.86. The van der Waals surface area contributed by atoms with Crippen molar-refractivity contribution in [2.75, 3.05) is 0 Å². The zero-order valence-electron chi connectivity index (χ0n) is 15.8. The molecule has 0 amide bonds. The lowest BCUT2D eigenvalue weighted by molar-refractivity contribution is 1.06. The van der Waals surface area contributed by atoms with Crippen molar-refractivity contribution < 1.29 is 0 Å². The molecule has 134 valence electrons. The zero-order chi connectivity index (χ0) is 18.6. The SMILES string of the molecule is CCc1cccc(-c2nnc(-c3cccc(CC)c3)n2-c2ccccc2)c1. The summed E-state index contributed by atoms with van der Waals surface area (Å²) in [7, 11) is 0. The molecule has 0 aliphatic carbocycles. The molecule has 0 spiro atoms. The molecule has 0 saturated heterocycles. The highest BCUT2D eigenvalue weighted by molar-refractivity contribution is 5.67. The lowest BCUT2D eigenvalue weighted by Crippen LogP contribution is -2.00. The van der Waals surface area contributed by atoms with Crippen LogP contribution in [0.3, 0.4) is 0 Å². The van der Waals surface area contributed by atoms with Crippen LogP contribution in [0, 0.1) is 0 Å². The van der Waals surface area contributed by atoms with Gasteiger partial charge in [-0.2, -0.15) is 0 Å². The van der Waals surface area contributed by atoms with Gasteiger partial charge in [-0.3, -0.25) is 4.57 Å². The summed E-state index contributed by atoms with van der Waals surface area (Å²) < 4.78 is 2.16. The summed E-state index contributed by atoms with van der Waals surface area (Å²) in [4.78, 5) is 0. The number of hydrogen-bond donors (Lipinski definition) is 0. The highest BCUT2D eigenvalue weighted by Crippen LogP contribution is 2.29. The van der Waals surface area contributed by atoms with Crippen LogP contribution in [0.4, 0.5) is 0 Å². The summed E-state index contributed by atoms with van der Waals surface area (Å²) in [6.07, 6.45) is 2.00. The zero-order valence-corrected chi connectivity index (χ0v) is 15.8. The summed E-state index contributed by atoms with van der Waals surface area (Å²) >= 11 is 0. The molecule has 0 N–H and O–H groups in total. The molecule has 0 aliphatic rings. The van der Waals surface area contributed by atoms with E-state index in [1.165, 1.54) is 11.1 Å². The normalized spacial score (nSPS) is 10.9. The lowest BCUT2D eigenvalue weighted by atomic mass is 10.1. The standard InChI is InChI=1S/C24H23N3/c1-3-18-10-8-12-20(16-18)23-25-26-24(21-13-9-11-19(4-2)17-21)27(23)22-14-6-5-7-15-22/h5-17H,3-4H2,1-2H3. The van der Waals surface area contributed by atoms with Gasteiger partial charge in [-0.05, 0) is 48.2 Å². The van der Waals surface area contributed by atoms with E-state index >= 15 is 0 Å². The Kier molecular flexibility index (Phi) is 4.84. The summed E-state index contributed by atoms with van der Waals surface area (Å²) in [5, 5.41) is 9.17. The number of aromatic nitrogens is 3. The molecule has 3 aromatic carbocycles. The Balaban J connectivity index is 1.94. The fourth-order valence-corrected chi connectivity index (χ4v) is 3.34. The van der Waals surface area contributed by atoms with E-state index in [-0.39, 0.29) is 0 Å². The van der Waals surface area contributed by atoms with Crippen molar-refractivity contribution in [2.24, 2.45) is 0 Å². The topological polar surface area (TPSA) is 30.7 Å². The van der Waals surface area contributed by atoms with Crippen molar-refractivity contribution in [2.45, 2.75) is 26.7 Å². The van der Waals surface area contributed by atoms with E-state index in [0.717, 1.165) is 41.3 Å². The highest BCUT2D eigenvalue weighted by Gasteiger charge is 2.17. The molecule has 0 bridgehead atoms. The first-order chi connectivity index (χ1) is 13.3. The van der Waals surface area contributed by atoms with Gasteiger partial charge < -0.3 is 0 Å². The second-order valence-electron chi connectivity index (χ2n) is 6.63. The number of rotatable bonds is 5. The minimum Gasteiger partial charge on any atom is -0.275 e. The van der Waals surface area contributed by atoms with E-state index in [1.54, 1.807) is 0 Å². The molecule has 3 heteroatoms. The predicted octanol–water partition coefficient (Wildman–Crippen LogP) is 5.73. The van der Waals surface area contributed by atoms with Gasteiger partial charge in [0.15, 0.2) is 11.6 Å². The molecule has 0 fully saturated rings. The first-order valence-electron chi connectivity index (χ1n) is 9.49. The molecule has 1 heterocycles. The van der Waals surface area contributed by atoms with Crippen LogP contribution in [-0.2, 0) is 12.8 Å². The van der Waals surface area contributed by atoms with Crippen LogP contribution in [0.25, 0.3) is 28.5 Å². The Hall–Kier alpha value is -3.20. The maximum atomic E-state index is 4.58. The average molecular weight is 353 g/mol. The summed E-state index contributed by atoms with van der Waals surface area (Å²) in [5.41, 5.74) is 5.83. The maximum Gasteiger partial charge on any atom is 0.168 e. The molecular formula is C24H23N3. The van der Waals surface area contributed by atoms with Gasteiger partial charge in [-0.15, -0.1) is 10.2 Å². The van der Waals surface area contributed by atoms with Crippen LogP contribution >= 0.6 is 0 Å². The van der Waals surface area contributed by atoms with E-state index in [9.17, 15) is 0 Å². The quantitative estimate of drug-likeness (QED) is 0.459. The molecule has 4 aromatic rings. The van der Waals surface area contributed by atoms with Crippen LogP contribution in [0.1, 0.15) is 25.0 Å². The van der Waals surface area contributed by atoms with Crippen LogP contribution < -0.4 is 0 Å². The highest BCUT2D eigenvalue weighted by atomic mass is 15.3. The van der Waals surface area contributed by atoms with Gasteiger partial charge in [0.05, 0.1) is 0 Å². The minimum absolute atomic E-state index is 0.869. The molecule has 4 rings (SSSR count). The van der Waals surface area contributed by atoms with Gasteiger partial charge in [0.2, 0.25) is 0 Å². The van der Waals surface area contributed by atoms with Crippen molar-refractivity contribution in [1.82, 2.24) is 14.8 Å². The largest absolute Gasteiger partial charge is 0.275 e. The monoisotopic (exact) mass is 353 g/mol. The molecular weight excluding hydrogens is 330 g/mol. The van der Waals surface area contributed by atoms with Crippen LogP contribution in [0.2, 0.25) is 0 Å². The van der Waals surface area contributed by atoms with Gasteiger partial charge in [-0.1, -0.05) is 68.4 Å².